The second kappa shape index (κ2) is 6.79. The molecule has 124 valence electrons. The van der Waals surface area contributed by atoms with Crippen LogP contribution in [0.25, 0.3) is 0 Å². The number of carbonyl (C=O) groups excluding carboxylic acids is 2. The summed E-state index contributed by atoms with van der Waals surface area (Å²) in [5.74, 6) is -0.866. The Balaban J connectivity index is 0.000000249. The minimum absolute atomic E-state index is 0.0455. The van der Waals surface area contributed by atoms with Gasteiger partial charge in [0.1, 0.15) is 11.9 Å². The minimum atomic E-state index is -0.749. The van der Waals surface area contributed by atoms with Gasteiger partial charge in [-0.05, 0) is 37.6 Å². The number of hydrogen-bond donors (Lipinski definition) is 0. The number of fused-ring (bicyclic) bond motifs is 1. The summed E-state index contributed by atoms with van der Waals surface area (Å²) in [7, 11) is 1.72. The van der Waals surface area contributed by atoms with Crippen LogP contribution in [0.5, 0.6) is 0 Å². The molecule has 1 aromatic carbocycles. The molecule has 5 heteroatoms. The highest BCUT2D eigenvalue weighted by molar-refractivity contribution is 6.08. The predicted molar refractivity (Wildman–Crippen MR) is 88.1 cm³/mol. The normalized spacial score (nSPS) is 21.6. The summed E-state index contributed by atoms with van der Waals surface area (Å²) in [6.45, 7) is 4.07. The number of likely N-dealkylation sites (N-methyl/N-ethyl adjacent to an activating group) is 1. The van der Waals surface area contributed by atoms with Crippen molar-refractivity contribution in [3.05, 3.63) is 59.4 Å². The molecule has 0 saturated carbocycles. The molecule has 0 bridgehead atoms. The molecule has 0 spiro atoms. The number of allylic oxidation sites excluding steroid dienone is 1. The third-order valence-corrected chi connectivity index (χ3v) is 4.28. The molecule has 4 nitrogen and oxygen atoms in total. The number of amides is 1. The van der Waals surface area contributed by atoms with Crippen molar-refractivity contribution in [1.29, 1.82) is 5.26 Å². The highest BCUT2D eigenvalue weighted by atomic mass is 19.1. The Morgan fingerprint density at radius 3 is 2.38 bits per heavy atom. The summed E-state index contributed by atoms with van der Waals surface area (Å²) in [6, 6.07) is 9.83. The van der Waals surface area contributed by atoms with Gasteiger partial charge < -0.3 is 4.90 Å². The van der Waals surface area contributed by atoms with Gasteiger partial charge in [-0.25, -0.2) is 4.39 Å². The number of benzene rings is 1. The lowest BCUT2D eigenvalue weighted by atomic mass is 9.66. The van der Waals surface area contributed by atoms with E-state index in [1.54, 1.807) is 44.0 Å². The van der Waals surface area contributed by atoms with Gasteiger partial charge in [0, 0.05) is 13.6 Å². The van der Waals surface area contributed by atoms with Crippen LogP contribution in [0.15, 0.2) is 53.6 Å². The van der Waals surface area contributed by atoms with Gasteiger partial charge in [0.25, 0.3) is 0 Å². The van der Waals surface area contributed by atoms with Crippen LogP contribution >= 0.6 is 0 Å². The summed E-state index contributed by atoms with van der Waals surface area (Å²) in [5.41, 5.74) is 0.173. The quantitative estimate of drug-likeness (QED) is 0.689. The van der Waals surface area contributed by atoms with Crippen molar-refractivity contribution in [1.82, 2.24) is 4.90 Å². The standard InChI is InChI=1S/C13H14N2O2.C6H5F/c1-13(2)10-4-5-15(3)12(17)9(10)6-8(7-14)11(13)16;7-6-4-2-1-3-5-6/h4,6,9H,5H2,1-3H3;1-5H. The third kappa shape index (κ3) is 3.28. The molecule has 0 aromatic heterocycles. The molecule has 2 aliphatic rings. The fourth-order valence-electron chi connectivity index (χ4n) is 2.84. The number of ketones is 1. The molecule has 0 saturated heterocycles. The lowest BCUT2D eigenvalue weighted by molar-refractivity contribution is -0.133. The second-order valence-corrected chi connectivity index (χ2v) is 6.30. The van der Waals surface area contributed by atoms with Crippen molar-refractivity contribution in [3.8, 4) is 6.07 Å². The van der Waals surface area contributed by atoms with Gasteiger partial charge in [-0.3, -0.25) is 9.59 Å². The SMILES string of the molecule is CN1CC=C2C(C=C(C#N)C(=O)C2(C)C)C1=O.Fc1ccccc1. The third-order valence-electron chi connectivity index (χ3n) is 4.28. The molecule has 1 amide bonds. The number of nitriles is 1. The topological polar surface area (TPSA) is 61.2 Å². The minimum Gasteiger partial charge on any atom is -0.341 e. The highest BCUT2D eigenvalue weighted by Gasteiger charge is 2.45. The average Bonchev–Trinajstić information content (AvgIpc) is 2.56. The lowest BCUT2D eigenvalue weighted by Gasteiger charge is -2.39. The van der Waals surface area contributed by atoms with E-state index in [1.165, 1.54) is 18.2 Å². The number of rotatable bonds is 0. The van der Waals surface area contributed by atoms with Crippen LogP contribution in [0.1, 0.15) is 13.8 Å². The van der Waals surface area contributed by atoms with Gasteiger partial charge in [-0.15, -0.1) is 0 Å². The molecule has 1 aromatic rings. The molecule has 1 aliphatic heterocycles. The zero-order chi connectivity index (χ0) is 17.9. The van der Waals surface area contributed by atoms with Gasteiger partial charge >= 0.3 is 0 Å². The molecule has 0 fully saturated rings. The van der Waals surface area contributed by atoms with E-state index in [9.17, 15) is 14.0 Å². The van der Waals surface area contributed by atoms with Crippen molar-refractivity contribution in [2.75, 3.05) is 13.6 Å². The Kier molecular flexibility index (Phi) is 4.99. The maximum atomic E-state index is 12.1. The summed E-state index contributed by atoms with van der Waals surface area (Å²) in [6.07, 6.45) is 3.42. The first-order chi connectivity index (χ1) is 11.3. The zero-order valence-electron chi connectivity index (χ0n) is 13.9. The van der Waals surface area contributed by atoms with Gasteiger partial charge in [0.2, 0.25) is 5.91 Å². The van der Waals surface area contributed by atoms with Crippen LogP contribution in [0.2, 0.25) is 0 Å². The molecule has 1 heterocycles. The summed E-state index contributed by atoms with van der Waals surface area (Å²) >= 11 is 0. The average molecular weight is 326 g/mol. The highest BCUT2D eigenvalue weighted by Crippen LogP contribution is 2.42. The van der Waals surface area contributed by atoms with Crippen LogP contribution in [-0.4, -0.2) is 30.2 Å². The Hall–Kier alpha value is -2.74. The van der Waals surface area contributed by atoms with E-state index in [0.29, 0.717) is 6.54 Å². The van der Waals surface area contributed by atoms with E-state index in [1.807, 2.05) is 12.1 Å². The number of halogens is 1. The largest absolute Gasteiger partial charge is 0.341 e. The van der Waals surface area contributed by atoms with E-state index >= 15 is 0 Å². The van der Waals surface area contributed by atoms with Crippen LogP contribution in [0, 0.1) is 28.5 Å². The molecule has 1 unspecified atom stereocenters. The van der Waals surface area contributed by atoms with Crippen molar-refractivity contribution < 1.29 is 14.0 Å². The van der Waals surface area contributed by atoms with Crippen molar-refractivity contribution in [3.63, 3.8) is 0 Å². The van der Waals surface area contributed by atoms with Crippen LogP contribution in [0.4, 0.5) is 4.39 Å². The van der Waals surface area contributed by atoms with Gasteiger partial charge in [0.05, 0.1) is 16.9 Å². The number of nitrogens with zero attached hydrogens (tertiary/aromatic N) is 2. The van der Waals surface area contributed by atoms with Crippen molar-refractivity contribution in [2.24, 2.45) is 11.3 Å². The van der Waals surface area contributed by atoms with Crippen LogP contribution < -0.4 is 0 Å². The van der Waals surface area contributed by atoms with Crippen LogP contribution in [-0.2, 0) is 9.59 Å². The van der Waals surface area contributed by atoms with E-state index in [4.69, 9.17) is 5.26 Å². The summed E-state index contributed by atoms with van der Waals surface area (Å²) in [5, 5.41) is 8.95. The summed E-state index contributed by atoms with van der Waals surface area (Å²) in [4.78, 5) is 25.7. The van der Waals surface area contributed by atoms with Gasteiger partial charge in [0.15, 0.2) is 5.78 Å². The fourth-order valence-corrected chi connectivity index (χ4v) is 2.84. The number of carbonyl (C=O) groups is 2. The second-order valence-electron chi connectivity index (χ2n) is 6.30. The molecule has 1 aliphatic carbocycles. The van der Waals surface area contributed by atoms with Gasteiger partial charge in [-0.2, -0.15) is 5.26 Å². The molecule has 24 heavy (non-hydrogen) atoms. The number of hydrogen-bond acceptors (Lipinski definition) is 3. The lowest BCUT2D eigenvalue weighted by Crippen LogP contribution is -2.45. The zero-order valence-corrected chi connectivity index (χ0v) is 13.9. The Bertz CT molecular complexity index is 757. The maximum Gasteiger partial charge on any atom is 0.233 e. The van der Waals surface area contributed by atoms with Crippen molar-refractivity contribution >= 4 is 11.7 Å². The Morgan fingerprint density at radius 2 is 1.88 bits per heavy atom. The molecule has 0 radical (unpaired) electrons. The molecule has 3 rings (SSSR count). The first kappa shape index (κ1) is 17.6. The van der Waals surface area contributed by atoms with Gasteiger partial charge in [-0.1, -0.05) is 24.3 Å². The Morgan fingerprint density at radius 1 is 1.25 bits per heavy atom. The first-order valence-electron chi connectivity index (χ1n) is 7.61. The van der Waals surface area contributed by atoms with E-state index in [0.717, 1.165) is 5.57 Å². The maximum absolute atomic E-state index is 12.1. The molecular weight excluding hydrogens is 307 g/mol. The monoisotopic (exact) mass is 326 g/mol. The predicted octanol–water partition coefficient (Wildman–Crippen LogP) is 2.89. The van der Waals surface area contributed by atoms with E-state index in [-0.39, 0.29) is 23.1 Å². The van der Waals surface area contributed by atoms with Crippen molar-refractivity contribution in [2.45, 2.75) is 13.8 Å². The molecule has 1 atom stereocenters. The first-order valence-corrected chi connectivity index (χ1v) is 7.61. The number of Topliss-reactive ketones (excluding diaryl/α,β-unsaturated/α-hetero) is 1. The van der Waals surface area contributed by atoms with E-state index < -0.39 is 11.3 Å². The van der Waals surface area contributed by atoms with Crippen LogP contribution in [0.3, 0.4) is 0 Å². The molecule has 0 N–H and O–H groups in total. The van der Waals surface area contributed by atoms with E-state index in [2.05, 4.69) is 0 Å². The Labute approximate surface area is 140 Å². The summed E-state index contributed by atoms with van der Waals surface area (Å²) < 4.78 is 11.9. The molecular formula is C19H19FN2O2. The fraction of sp³-hybridized carbons (Fsp3) is 0.316. The smallest absolute Gasteiger partial charge is 0.233 e.